The van der Waals surface area contributed by atoms with Gasteiger partial charge in [-0.2, -0.15) is 0 Å². The Morgan fingerprint density at radius 3 is 1.96 bits per heavy atom. The third-order valence-corrected chi connectivity index (χ3v) is 7.09. The second-order valence-electron chi connectivity index (χ2n) is 14.0. The maximum Gasteiger partial charge on any atom is 0.514 e. The van der Waals surface area contributed by atoms with Gasteiger partial charge in [0.15, 0.2) is 12.4 Å². The molecule has 2 unspecified atom stereocenters. The van der Waals surface area contributed by atoms with Crippen LogP contribution in [-0.4, -0.2) is 89.6 Å². The van der Waals surface area contributed by atoms with Crippen molar-refractivity contribution in [3.8, 4) is 5.75 Å². The fourth-order valence-corrected chi connectivity index (χ4v) is 4.37. The number of hydrogen-bond acceptors (Lipinski definition) is 13. The maximum absolute atomic E-state index is 13.1. The number of nitro benzene ring substituents is 1. The van der Waals surface area contributed by atoms with Gasteiger partial charge in [-0.15, -0.1) is 0 Å². The molecule has 0 aliphatic rings. The molecule has 0 fully saturated rings. The molecule has 0 bridgehead atoms. The minimum Gasteiger partial charge on any atom is -0.444 e. The largest absolute Gasteiger partial charge is 0.514 e. The minimum atomic E-state index is -1.62. The number of carbonyl (C=O) groups excluding carboxylic acids is 6. The number of rotatable bonds is 18. The first-order chi connectivity index (χ1) is 25.6. The number of nitrogens with zero attached hydrogens (tertiary/aromatic N) is 1. The van der Waals surface area contributed by atoms with Gasteiger partial charge in [0.1, 0.15) is 30.0 Å². The van der Waals surface area contributed by atoms with Crippen molar-refractivity contribution < 1.29 is 57.7 Å². The molecular weight excluding hydrogens is 724 g/mol. The Labute approximate surface area is 318 Å². The van der Waals surface area contributed by atoms with Crippen LogP contribution in [0.4, 0.5) is 21.0 Å². The molecule has 5 amide bonds. The summed E-state index contributed by atoms with van der Waals surface area (Å²) in [5, 5.41) is 34.0. The van der Waals surface area contributed by atoms with Crippen LogP contribution in [0.2, 0.25) is 0 Å². The van der Waals surface area contributed by atoms with Crippen LogP contribution in [0.1, 0.15) is 67.1 Å². The number of anilines is 1. The topological polar surface area (TPSA) is 263 Å². The van der Waals surface area contributed by atoms with Crippen LogP contribution in [0.15, 0.2) is 48.5 Å². The summed E-state index contributed by atoms with van der Waals surface area (Å²) in [6, 6.07) is 8.41. The molecule has 0 radical (unpaired) electrons. The summed E-state index contributed by atoms with van der Waals surface area (Å²) in [6.45, 7) is 12.7. The van der Waals surface area contributed by atoms with Gasteiger partial charge in [0, 0.05) is 17.8 Å². The number of amides is 5. The monoisotopic (exact) mass is 774 g/mol. The Balaban J connectivity index is 1.99. The first-order valence-electron chi connectivity index (χ1n) is 17.3. The van der Waals surface area contributed by atoms with E-state index in [2.05, 4.69) is 26.6 Å². The normalized spacial score (nSPS) is 13.4. The molecule has 19 heteroatoms. The number of nitrogens with one attached hydrogen (secondary N) is 5. The van der Waals surface area contributed by atoms with Crippen molar-refractivity contribution in [3.63, 3.8) is 0 Å². The van der Waals surface area contributed by atoms with Gasteiger partial charge in [-0.25, -0.2) is 9.59 Å². The number of alkyl carbamates (subject to hydrolysis) is 1. The molecule has 0 heterocycles. The molecule has 55 heavy (non-hydrogen) atoms. The van der Waals surface area contributed by atoms with Gasteiger partial charge in [-0.05, 0) is 69.4 Å². The lowest BCUT2D eigenvalue weighted by Gasteiger charge is -2.24. The van der Waals surface area contributed by atoms with E-state index in [1.54, 1.807) is 34.6 Å². The van der Waals surface area contributed by atoms with Crippen molar-refractivity contribution in [2.75, 3.05) is 25.0 Å². The first kappa shape index (κ1) is 45.3. The number of non-ortho nitro benzene ring substituents is 1. The van der Waals surface area contributed by atoms with Crippen LogP contribution < -0.4 is 31.3 Å². The van der Waals surface area contributed by atoms with Crippen LogP contribution in [0, 0.1) is 22.0 Å². The number of carbonyl (C=O) groups is 6. The summed E-state index contributed by atoms with van der Waals surface area (Å²) < 4.78 is 21.0. The van der Waals surface area contributed by atoms with Crippen LogP contribution in [-0.2, 0) is 33.4 Å². The fourth-order valence-electron chi connectivity index (χ4n) is 4.37. The molecule has 0 spiro atoms. The summed E-state index contributed by atoms with van der Waals surface area (Å²) in [5.41, 5.74) is -0.419. The highest BCUT2D eigenvalue weighted by Crippen LogP contribution is 2.26. The zero-order valence-electron chi connectivity index (χ0n) is 32.0. The van der Waals surface area contributed by atoms with Crippen molar-refractivity contribution >= 4 is 47.3 Å². The summed E-state index contributed by atoms with van der Waals surface area (Å²) in [4.78, 5) is 85.3. The van der Waals surface area contributed by atoms with Gasteiger partial charge in [-0.1, -0.05) is 39.8 Å². The molecule has 2 rings (SSSR count). The predicted molar refractivity (Wildman–Crippen MR) is 196 cm³/mol. The van der Waals surface area contributed by atoms with Crippen LogP contribution >= 0.6 is 0 Å². The fraction of sp³-hybridized carbons (Fsp3) is 0.500. The van der Waals surface area contributed by atoms with E-state index in [9.17, 15) is 44.0 Å². The van der Waals surface area contributed by atoms with E-state index >= 15 is 0 Å². The number of aliphatic hydroxyl groups is 1. The second kappa shape index (κ2) is 21.2. The molecule has 302 valence electrons. The minimum absolute atomic E-state index is 0.0310. The molecule has 0 aliphatic carbocycles. The van der Waals surface area contributed by atoms with Crippen molar-refractivity contribution in [2.24, 2.45) is 11.8 Å². The molecule has 19 nitrogen and oxygen atoms in total. The van der Waals surface area contributed by atoms with Gasteiger partial charge in [0.05, 0.1) is 18.1 Å². The Morgan fingerprint density at radius 2 is 1.42 bits per heavy atom. The highest BCUT2D eigenvalue weighted by molar-refractivity contribution is 5.98. The van der Waals surface area contributed by atoms with Crippen LogP contribution in [0.3, 0.4) is 0 Å². The molecule has 0 saturated carbocycles. The highest BCUT2D eigenvalue weighted by atomic mass is 16.7. The number of hydrogen-bond donors (Lipinski definition) is 6. The summed E-state index contributed by atoms with van der Waals surface area (Å²) >= 11 is 0. The van der Waals surface area contributed by atoms with Crippen LogP contribution in [0.25, 0.3) is 0 Å². The number of ether oxygens (including phenoxy) is 4. The van der Waals surface area contributed by atoms with Crippen molar-refractivity contribution in [1.82, 2.24) is 21.3 Å². The van der Waals surface area contributed by atoms with Crippen LogP contribution in [0.5, 0.6) is 5.75 Å². The highest BCUT2D eigenvalue weighted by Gasteiger charge is 2.29. The Kier molecular flexibility index (Phi) is 17.4. The van der Waals surface area contributed by atoms with E-state index in [4.69, 9.17) is 18.9 Å². The van der Waals surface area contributed by atoms with Gasteiger partial charge < -0.3 is 50.6 Å². The van der Waals surface area contributed by atoms with Gasteiger partial charge in [0.25, 0.3) is 5.69 Å². The molecular formula is C36H50N6O13. The number of benzene rings is 2. The maximum atomic E-state index is 13.1. The lowest BCUT2D eigenvalue weighted by molar-refractivity contribution is -0.384. The van der Waals surface area contributed by atoms with Crippen molar-refractivity contribution in [1.29, 1.82) is 0 Å². The lowest BCUT2D eigenvalue weighted by atomic mass is 10.0. The SMILES string of the molecule is CC(C)COC(O)C(OC(=O)Oc1ccc([N+](=O)[O-])cc1)c1ccc(NC(=O)[C@H](C)NC(=O)[C@@H](NC(=O)CNC(=O)CNC(=O)OC(C)(C)C)C(C)C)cc1. The van der Waals surface area contributed by atoms with Crippen molar-refractivity contribution in [2.45, 2.75) is 85.5 Å². The Hall–Kier alpha value is -5.82. The van der Waals surface area contributed by atoms with Gasteiger partial charge in [-0.3, -0.25) is 29.3 Å². The average Bonchev–Trinajstić information content (AvgIpc) is 3.09. The quantitative estimate of drug-likeness (QED) is 0.0419. The average molecular weight is 775 g/mol. The Bertz CT molecular complexity index is 1640. The van der Waals surface area contributed by atoms with Crippen molar-refractivity contribution in [3.05, 3.63) is 64.2 Å². The zero-order chi connectivity index (χ0) is 41.5. The molecule has 2 aromatic carbocycles. The van der Waals surface area contributed by atoms with E-state index in [1.165, 1.54) is 43.3 Å². The smallest absolute Gasteiger partial charge is 0.444 e. The zero-order valence-corrected chi connectivity index (χ0v) is 32.0. The second-order valence-corrected chi connectivity index (χ2v) is 14.0. The lowest BCUT2D eigenvalue weighted by Crippen LogP contribution is -2.55. The molecule has 2 aromatic rings. The van der Waals surface area contributed by atoms with E-state index in [1.807, 2.05) is 13.8 Å². The molecule has 4 atom stereocenters. The van der Waals surface area contributed by atoms with Gasteiger partial charge in [0.2, 0.25) is 23.6 Å². The number of nitro groups is 1. The molecule has 0 saturated heterocycles. The molecule has 0 aromatic heterocycles. The summed E-state index contributed by atoms with van der Waals surface area (Å²) in [5.74, 6) is -3.02. The van der Waals surface area contributed by atoms with E-state index in [0.29, 0.717) is 0 Å². The summed E-state index contributed by atoms with van der Waals surface area (Å²) in [6.07, 6.45) is -5.02. The molecule has 0 aliphatic heterocycles. The predicted octanol–water partition coefficient (Wildman–Crippen LogP) is 3.07. The number of aliphatic hydroxyl groups excluding tert-OH is 1. The van der Waals surface area contributed by atoms with E-state index in [0.717, 1.165) is 12.1 Å². The standard InChI is InChI=1S/C36H50N6O13/c1-20(2)19-52-33(47)30(54-35(49)53-26-15-13-25(14-16-26)42(50)51)23-9-11-24(12-10-23)40-31(45)22(5)39-32(46)29(21(3)4)41-28(44)18-37-27(43)17-38-34(48)55-36(6,7)8/h9-16,20-22,29-30,33,47H,17-19H2,1-8H3,(H,37,43)(H,38,48)(H,39,46)(H,40,45)(H,41,44)/t22-,29-,30?,33?/m0/s1. The Morgan fingerprint density at radius 1 is 0.818 bits per heavy atom. The van der Waals surface area contributed by atoms with Gasteiger partial charge >= 0.3 is 12.2 Å². The summed E-state index contributed by atoms with van der Waals surface area (Å²) in [7, 11) is 0. The molecule has 6 N–H and O–H groups in total. The van der Waals surface area contributed by atoms with E-state index in [-0.39, 0.29) is 35.2 Å². The third-order valence-electron chi connectivity index (χ3n) is 7.09. The first-order valence-corrected chi connectivity index (χ1v) is 17.3. The van der Waals surface area contributed by atoms with E-state index < -0.39 is 89.9 Å². The third kappa shape index (κ3) is 16.8.